The van der Waals surface area contributed by atoms with E-state index >= 15 is 0 Å². The maximum absolute atomic E-state index is 12.1. The highest BCUT2D eigenvalue weighted by Gasteiger charge is 2.51. The van der Waals surface area contributed by atoms with Crippen LogP contribution in [0.1, 0.15) is 69.2 Å². The number of aliphatic hydroxyl groups excluding tert-OH is 5. The summed E-state index contributed by atoms with van der Waals surface area (Å²) in [6.45, 7) is 22.5. The molecule has 4 heterocycles. The van der Waals surface area contributed by atoms with Gasteiger partial charge in [0.15, 0.2) is 12.6 Å². The SMILES string of the molecule is C=CCOC(=O)NC1C(C)[C@@H](OC(C)=O)[C@H](COC(C)=O)O[C@H]1O.C=CCOC(=O)NC1C(C)[C@@H](OC(C)=O)[C@H](COC(C)=O)O[C@H]1OC(=N)C(Cl)(Cl)Cl.C=CCOC(=O)NC1C(C)[C@@H](OC(C)=O)[C@H](COC(C)=O)O[C@H]1OC(C)=O.N.OC[C@@H]1O[C@@H](O)C(Cl)C(O)[C@H]1O. The molecule has 3 amide bonds. The minimum absolute atomic E-state index is 0. The molecule has 4 aliphatic heterocycles. The molecule has 12 N–H and O–H groups in total. The Hall–Kier alpha value is -6.45. The number of hydrogen-bond donors (Lipinski definition) is 10. The van der Waals surface area contributed by atoms with Crippen molar-refractivity contribution in [1.29, 1.82) is 5.41 Å². The number of esters is 7. The van der Waals surface area contributed by atoms with E-state index in [2.05, 4.69) is 35.7 Å². The van der Waals surface area contributed by atoms with Gasteiger partial charge in [0.25, 0.3) is 3.79 Å². The van der Waals surface area contributed by atoms with Crippen LogP contribution in [-0.2, 0) is 105 Å². The number of nitrogens with one attached hydrogen (secondary N) is 4. The van der Waals surface area contributed by atoms with E-state index in [0.29, 0.717) is 0 Å². The number of aliphatic hydroxyl groups is 5. The van der Waals surface area contributed by atoms with Gasteiger partial charge in [-0.05, 0) is 0 Å². The van der Waals surface area contributed by atoms with Crippen LogP contribution in [-0.4, -0.2) is 245 Å². The smallest absolute Gasteiger partial charge is 0.407 e. The number of alkyl carbamates (subject to hydrolysis) is 3. The molecule has 0 radical (unpaired) electrons. The van der Waals surface area contributed by atoms with Crippen LogP contribution in [0.4, 0.5) is 14.4 Å². The van der Waals surface area contributed by atoms with Gasteiger partial charge in [0, 0.05) is 66.2 Å². The molecule has 94 heavy (non-hydrogen) atoms. The predicted octanol–water partition coefficient (Wildman–Crippen LogP) is 1.48. The normalized spacial score (nSPS) is 29.9. The molecule has 0 aromatic heterocycles. The summed E-state index contributed by atoms with van der Waals surface area (Å²) < 4.78 is 74.9. The van der Waals surface area contributed by atoms with Crippen molar-refractivity contribution in [2.24, 2.45) is 17.8 Å². The number of halogens is 4. The summed E-state index contributed by atoms with van der Waals surface area (Å²) in [6, 6.07) is -2.74. The van der Waals surface area contributed by atoms with Crippen molar-refractivity contribution in [2.75, 3.05) is 46.2 Å². The molecule has 0 saturated carbocycles. The van der Waals surface area contributed by atoms with E-state index < -0.39 is 198 Å². The predicted molar refractivity (Wildman–Crippen MR) is 323 cm³/mol. The molecule has 39 heteroatoms. The summed E-state index contributed by atoms with van der Waals surface area (Å²) >= 11 is 22.5. The second-order valence-electron chi connectivity index (χ2n) is 20.3. The highest BCUT2D eigenvalue weighted by Crippen LogP contribution is 2.35. The highest BCUT2D eigenvalue weighted by molar-refractivity contribution is 6.76. The second kappa shape index (κ2) is 43.6. The molecule has 0 spiro atoms. The second-order valence-corrected chi connectivity index (χ2v) is 23.0. The zero-order valence-corrected chi connectivity index (χ0v) is 56.0. The van der Waals surface area contributed by atoms with Gasteiger partial charge in [0.2, 0.25) is 18.5 Å². The molecular formula is C55H85Cl4N5O30. The molecule has 0 aliphatic carbocycles. The summed E-state index contributed by atoms with van der Waals surface area (Å²) in [5, 5.41) is 60.4. The van der Waals surface area contributed by atoms with Gasteiger partial charge in [-0.3, -0.25) is 39.0 Å². The maximum Gasteiger partial charge on any atom is 0.407 e. The van der Waals surface area contributed by atoms with E-state index in [1.165, 1.54) is 66.7 Å². The minimum Gasteiger partial charge on any atom is -0.463 e. The number of hydrogen-bond acceptors (Lipinski definition) is 32. The van der Waals surface area contributed by atoms with Crippen LogP contribution in [0, 0.1) is 23.2 Å². The topological polar surface area (TPSA) is 505 Å². The lowest BCUT2D eigenvalue weighted by molar-refractivity contribution is -0.255. The van der Waals surface area contributed by atoms with Gasteiger partial charge in [0.05, 0.1) is 12.6 Å². The van der Waals surface area contributed by atoms with Crippen LogP contribution in [0.3, 0.4) is 0 Å². The van der Waals surface area contributed by atoms with Crippen molar-refractivity contribution in [3.63, 3.8) is 0 Å². The Morgan fingerprint density at radius 2 is 0.777 bits per heavy atom. The summed E-state index contributed by atoms with van der Waals surface area (Å²) in [7, 11) is 0. The van der Waals surface area contributed by atoms with Crippen LogP contribution in [0.15, 0.2) is 38.0 Å². The van der Waals surface area contributed by atoms with Crippen LogP contribution >= 0.6 is 46.4 Å². The number of carbonyl (C=O) groups excluding carboxylic acids is 10. The fourth-order valence-electron chi connectivity index (χ4n) is 8.67. The molecule has 35 nitrogen and oxygen atoms in total. The van der Waals surface area contributed by atoms with E-state index in [-0.39, 0.29) is 45.8 Å². The first-order valence-electron chi connectivity index (χ1n) is 28.0. The number of amides is 3. The molecule has 0 bridgehead atoms. The van der Waals surface area contributed by atoms with E-state index in [0.717, 1.165) is 0 Å². The quantitative estimate of drug-likeness (QED) is 0.0194. The van der Waals surface area contributed by atoms with Crippen LogP contribution in [0.5, 0.6) is 0 Å². The Morgan fingerprint density at radius 1 is 0.468 bits per heavy atom. The standard InChI is InChI=1S/C17H23Cl3N2O8.C17H25NO9.C15H23NO8.C6H11ClO5.H3N/c1-5-6-26-16(25)22-12-8(2)13(28-10(4)24)11(7-27-9(3)23)29-14(12)30-15(21)17(18,19)20;1-6-7-23-17(22)18-14-9(2)15(25-11(4)20)13(8-24-10(3)19)27-16(14)26-12(5)21;1-5-6-21-15(20)16-12-8(2)13(23-10(4)18)11(24-14(12)19)7-22-9(3)17;7-3-5(10)4(9)2(1-8)12-6(3)11;/h5,8,11-14,21H,1,6-7H2,2-4H3,(H,22,25);6,9,13-16H,1,7-8H2,2-5H3,(H,18,22);5,8,11-14,19H,1,6-7H2,2-4H3,(H,16,20);2-6,8-11H,1H2;1H3/t8?,11-,12?,13+,14-;9?,13-,14?,15+,16+;8?,11-,12?,13+,14+;2-,3?,4-,5?,6+;/m0000./s1. The van der Waals surface area contributed by atoms with E-state index in [1.807, 2.05) is 0 Å². The zero-order chi connectivity index (χ0) is 71.2. The molecule has 4 rings (SSSR count). The Bertz CT molecular complexity index is 2520. The van der Waals surface area contributed by atoms with Gasteiger partial charge >= 0.3 is 60.1 Å². The monoisotopic (exact) mass is 1440 g/mol. The number of ether oxygens (including phenoxy) is 15. The minimum atomic E-state index is -2.20. The fourth-order valence-corrected chi connectivity index (χ4v) is 9.01. The molecule has 538 valence electrons. The molecule has 0 aromatic rings. The summed E-state index contributed by atoms with van der Waals surface area (Å²) in [5.74, 6) is -6.57. The molecule has 0 aromatic carbocycles. The lowest BCUT2D eigenvalue weighted by Gasteiger charge is -2.44. The van der Waals surface area contributed by atoms with E-state index in [9.17, 15) is 63.3 Å². The Balaban J connectivity index is 0.00000127. The van der Waals surface area contributed by atoms with Gasteiger partial charge in [0.1, 0.15) is 112 Å². The molecule has 4 saturated heterocycles. The Labute approximate surface area is 560 Å². The van der Waals surface area contributed by atoms with Gasteiger partial charge in [-0.2, -0.15) is 0 Å². The number of rotatable bonds is 21. The Kier molecular flexibility index (Phi) is 40.6. The third-order valence-corrected chi connectivity index (χ3v) is 13.9. The Morgan fingerprint density at radius 3 is 1.09 bits per heavy atom. The largest absolute Gasteiger partial charge is 0.463 e. The van der Waals surface area contributed by atoms with Crippen molar-refractivity contribution in [3.05, 3.63) is 38.0 Å². The maximum atomic E-state index is 12.1. The van der Waals surface area contributed by atoms with Crippen LogP contribution in [0.25, 0.3) is 0 Å². The fraction of sp³-hybridized carbons (Fsp3) is 0.691. The first kappa shape index (κ1) is 87.5. The highest BCUT2D eigenvalue weighted by atomic mass is 35.6. The van der Waals surface area contributed by atoms with Gasteiger partial charge in [-0.1, -0.05) is 93.5 Å². The molecule has 8 unspecified atom stereocenters. The third-order valence-electron chi connectivity index (χ3n) is 12.9. The molecular weight excluding hydrogens is 1350 g/mol. The number of carbonyl (C=O) groups is 10. The summed E-state index contributed by atoms with van der Waals surface area (Å²) in [4.78, 5) is 115. The average molecular weight is 1440 g/mol. The first-order valence-corrected chi connectivity index (χ1v) is 29.6. The zero-order valence-electron chi connectivity index (χ0n) is 53.0. The van der Waals surface area contributed by atoms with Crippen molar-refractivity contribution < 1.29 is 145 Å². The lowest BCUT2D eigenvalue weighted by Crippen LogP contribution is -2.62. The molecule has 4 aliphatic rings. The van der Waals surface area contributed by atoms with Crippen molar-refractivity contribution in [1.82, 2.24) is 22.1 Å². The van der Waals surface area contributed by atoms with E-state index in [1.54, 1.807) is 20.8 Å². The van der Waals surface area contributed by atoms with Gasteiger partial charge in [-0.25, -0.2) is 14.4 Å². The average Bonchev–Trinajstić information content (AvgIpc) is 0.816. The van der Waals surface area contributed by atoms with Crippen molar-refractivity contribution in [2.45, 2.75) is 177 Å². The van der Waals surface area contributed by atoms with Gasteiger partial charge in [-0.15, -0.1) is 11.6 Å². The van der Waals surface area contributed by atoms with E-state index in [4.69, 9.17) is 133 Å². The van der Waals surface area contributed by atoms with Gasteiger partial charge < -0.3 is 119 Å². The third kappa shape index (κ3) is 31.0. The summed E-state index contributed by atoms with van der Waals surface area (Å²) in [6.07, 6.45) is -12.4. The van der Waals surface area contributed by atoms with Crippen molar-refractivity contribution >= 4 is 112 Å². The summed E-state index contributed by atoms with van der Waals surface area (Å²) in [5.41, 5.74) is 0. The van der Waals surface area contributed by atoms with Crippen LogP contribution in [0.2, 0.25) is 0 Å². The first-order chi connectivity index (χ1) is 43.3. The number of alkyl halides is 4. The molecule has 20 atom stereocenters. The molecule has 4 fully saturated rings. The van der Waals surface area contributed by atoms with Crippen molar-refractivity contribution in [3.8, 4) is 0 Å². The van der Waals surface area contributed by atoms with Crippen LogP contribution < -0.4 is 22.1 Å². The lowest BCUT2D eigenvalue weighted by atomic mass is 9.88.